The first-order valence-corrected chi connectivity index (χ1v) is 6.10. The van der Waals surface area contributed by atoms with Gasteiger partial charge in [0.2, 0.25) is 0 Å². The maximum atomic E-state index is 12.0. The van der Waals surface area contributed by atoms with Crippen LogP contribution in [0.15, 0.2) is 42.5 Å². The second-order valence-electron chi connectivity index (χ2n) is 4.39. The molecule has 0 saturated heterocycles. The maximum Gasteiger partial charge on any atom is 0.307 e. The van der Waals surface area contributed by atoms with E-state index in [1.165, 1.54) is 0 Å². The highest BCUT2D eigenvalue weighted by Gasteiger charge is 2.08. The summed E-state index contributed by atoms with van der Waals surface area (Å²) in [7, 11) is 0. The number of carbonyl (C=O) groups is 2. The lowest BCUT2D eigenvalue weighted by Gasteiger charge is -2.06. The number of hydrogen-bond donors (Lipinski definition) is 2. The number of carbonyl (C=O) groups excluding carboxylic acids is 1. The van der Waals surface area contributed by atoms with Crippen molar-refractivity contribution >= 4 is 17.6 Å². The molecule has 0 atom stereocenters. The Balaban J connectivity index is 2.06. The minimum atomic E-state index is -0.884. The van der Waals surface area contributed by atoms with Gasteiger partial charge in [-0.15, -0.1) is 0 Å². The zero-order valence-electron chi connectivity index (χ0n) is 11.0. The molecule has 0 fully saturated rings. The van der Waals surface area contributed by atoms with Gasteiger partial charge in [0.1, 0.15) is 5.69 Å². The first kappa shape index (κ1) is 13.7. The normalized spacial score (nSPS) is 10.1. The molecule has 0 radical (unpaired) electrons. The van der Waals surface area contributed by atoms with Crippen LogP contribution < -0.4 is 5.32 Å². The summed E-state index contributed by atoms with van der Waals surface area (Å²) in [6, 6.07) is 11.9. The molecule has 1 aromatic heterocycles. The third kappa shape index (κ3) is 3.65. The molecule has 0 aliphatic rings. The van der Waals surface area contributed by atoms with Crippen LogP contribution in [0.5, 0.6) is 0 Å². The predicted octanol–water partition coefficient (Wildman–Crippen LogP) is 2.27. The molecule has 0 spiro atoms. The van der Waals surface area contributed by atoms with Crippen molar-refractivity contribution in [2.75, 3.05) is 5.32 Å². The molecular formula is C15H14N2O3. The Morgan fingerprint density at radius 3 is 2.45 bits per heavy atom. The van der Waals surface area contributed by atoms with Gasteiger partial charge in [0, 0.05) is 11.4 Å². The fraction of sp³-hybridized carbons (Fsp3) is 0.133. The van der Waals surface area contributed by atoms with Crippen molar-refractivity contribution in [1.82, 2.24) is 4.98 Å². The monoisotopic (exact) mass is 270 g/mol. The Bertz CT molecular complexity index is 636. The number of pyridine rings is 1. The third-order valence-corrected chi connectivity index (χ3v) is 2.69. The molecule has 0 bridgehead atoms. The van der Waals surface area contributed by atoms with E-state index in [9.17, 15) is 9.59 Å². The van der Waals surface area contributed by atoms with Crippen molar-refractivity contribution < 1.29 is 14.7 Å². The van der Waals surface area contributed by atoms with Crippen molar-refractivity contribution in [2.45, 2.75) is 13.3 Å². The second kappa shape index (κ2) is 5.97. The van der Waals surface area contributed by atoms with Crippen molar-refractivity contribution in [3.05, 3.63) is 59.4 Å². The summed E-state index contributed by atoms with van der Waals surface area (Å²) in [4.78, 5) is 26.7. The molecule has 0 saturated carbocycles. The molecule has 1 amide bonds. The van der Waals surface area contributed by atoms with Gasteiger partial charge >= 0.3 is 5.97 Å². The quantitative estimate of drug-likeness (QED) is 0.893. The molecule has 20 heavy (non-hydrogen) atoms. The van der Waals surface area contributed by atoms with Crippen molar-refractivity contribution in [1.29, 1.82) is 0 Å². The number of benzene rings is 1. The van der Waals surface area contributed by atoms with Gasteiger partial charge in [0.25, 0.3) is 5.91 Å². The van der Waals surface area contributed by atoms with E-state index in [-0.39, 0.29) is 12.3 Å². The molecule has 1 heterocycles. The lowest BCUT2D eigenvalue weighted by molar-refractivity contribution is -0.136. The molecule has 2 rings (SSSR count). The number of aromatic nitrogens is 1. The van der Waals surface area contributed by atoms with E-state index in [2.05, 4.69) is 10.3 Å². The molecule has 0 aliphatic carbocycles. The zero-order chi connectivity index (χ0) is 14.5. The zero-order valence-corrected chi connectivity index (χ0v) is 11.0. The number of hydrogen-bond acceptors (Lipinski definition) is 3. The Labute approximate surface area is 116 Å². The number of carboxylic acids is 1. The second-order valence-corrected chi connectivity index (χ2v) is 4.39. The Hall–Kier alpha value is -2.69. The number of amides is 1. The van der Waals surface area contributed by atoms with E-state index >= 15 is 0 Å². The molecule has 1 aromatic carbocycles. The van der Waals surface area contributed by atoms with Gasteiger partial charge in [-0.25, -0.2) is 4.98 Å². The summed E-state index contributed by atoms with van der Waals surface area (Å²) in [5.74, 6) is -1.18. The average Bonchev–Trinajstić information content (AvgIpc) is 2.40. The van der Waals surface area contributed by atoms with E-state index < -0.39 is 5.97 Å². The largest absolute Gasteiger partial charge is 0.481 e. The summed E-state index contributed by atoms with van der Waals surface area (Å²) in [5.41, 5.74) is 2.41. The van der Waals surface area contributed by atoms with Crippen LogP contribution in [0.3, 0.4) is 0 Å². The van der Waals surface area contributed by atoms with Crippen LogP contribution in [0.25, 0.3) is 0 Å². The van der Waals surface area contributed by atoms with Crippen LogP contribution >= 0.6 is 0 Å². The Morgan fingerprint density at radius 1 is 1.15 bits per heavy atom. The van der Waals surface area contributed by atoms with Gasteiger partial charge in [0.15, 0.2) is 0 Å². The number of nitrogens with one attached hydrogen (secondary N) is 1. The number of anilines is 1. The highest BCUT2D eigenvalue weighted by atomic mass is 16.4. The van der Waals surface area contributed by atoms with Crippen LogP contribution in [0.2, 0.25) is 0 Å². The number of aryl methyl sites for hydroxylation is 1. The fourth-order valence-electron chi connectivity index (χ4n) is 1.75. The molecule has 0 aliphatic heterocycles. The summed E-state index contributed by atoms with van der Waals surface area (Å²) in [6.07, 6.45) is -0.0341. The molecule has 0 unspecified atom stereocenters. The number of carboxylic acid groups (broad SMARTS) is 1. The average molecular weight is 270 g/mol. The van der Waals surface area contributed by atoms with Crippen LogP contribution in [-0.4, -0.2) is 22.0 Å². The van der Waals surface area contributed by atoms with Crippen LogP contribution in [-0.2, 0) is 11.2 Å². The highest BCUT2D eigenvalue weighted by molar-refractivity contribution is 6.02. The predicted molar refractivity (Wildman–Crippen MR) is 74.7 cm³/mol. The van der Waals surface area contributed by atoms with E-state index in [1.54, 1.807) is 36.4 Å². The first-order valence-electron chi connectivity index (χ1n) is 6.10. The summed E-state index contributed by atoms with van der Waals surface area (Å²) in [6.45, 7) is 1.82. The minimum absolute atomic E-state index is 0.0341. The van der Waals surface area contributed by atoms with Gasteiger partial charge in [-0.1, -0.05) is 18.2 Å². The van der Waals surface area contributed by atoms with Crippen LogP contribution in [0, 0.1) is 6.92 Å². The van der Waals surface area contributed by atoms with Crippen molar-refractivity contribution in [2.24, 2.45) is 0 Å². The molecular weight excluding hydrogens is 256 g/mol. The smallest absolute Gasteiger partial charge is 0.307 e. The van der Waals surface area contributed by atoms with Gasteiger partial charge in [-0.05, 0) is 36.8 Å². The van der Waals surface area contributed by atoms with Gasteiger partial charge in [-0.2, -0.15) is 0 Å². The standard InChI is InChI=1S/C15H14N2O3/c1-10-3-2-4-13(16-10)15(20)17-12-7-5-11(6-8-12)9-14(18)19/h2-8H,9H2,1H3,(H,17,20)(H,18,19). The Kier molecular flexibility index (Phi) is 4.10. The summed E-state index contributed by atoms with van der Waals surface area (Å²) >= 11 is 0. The van der Waals surface area contributed by atoms with Crippen LogP contribution in [0.4, 0.5) is 5.69 Å². The lowest BCUT2D eigenvalue weighted by atomic mass is 10.1. The highest BCUT2D eigenvalue weighted by Crippen LogP contribution is 2.11. The minimum Gasteiger partial charge on any atom is -0.481 e. The molecule has 5 heteroatoms. The van der Waals surface area contributed by atoms with Crippen LogP contribution in [0.1, 0.15) is 21.7 Å². The van der Waals surface area contributed by atoms with Gasteiger partial charge in [0.05, 0.1) is 6.42 Å². The molecule has 2 N–H and O–H groups in total. The molecule has 2 aromatic rings. The van der Waals surface area contributed by atoms with E-state index in [0.717, 1.165) is 5.69 Å². The Morgan fingerprint density at radius 2 is 1.85 bits per heavy atom. The van der Waals surface area contributed by atoms with Crippen molar-refractivity contribution in [3.8, 4) is 0 Å². The lowest BCUT2D eigenvalue weighted by Crippen LogP contribution is -2.14. The van der Waals surface area contributed by atoms with E-state index in [1.807, 2.05) is 13.0 Å². The molecule has 102 valence electrons. The SMILES string of the molecule is Cc1cccc(C(=O)Nc2ccc(CC(=O)O)cc2)n1. The maximum absolute atomic E-state index is 12.0. The molecule has 5 nitrogen and oxygen atoms in total. The fourth-order valence-corrected chi connectivity index (χ4v) is 1.75. The van der Waals surface area contributed by atoms with E-state index in [4.69, 9.17) is 5.11 Å². The summed E-state index contributed by atoms with van der Waals surface area (Å²) < 4.78 is 0. The van der Waals surface area contributed by atoms with Gasteiger partial charge < -0.3 is 10.4 Å². The van der Waals surface area contributed by atoms with E-state index in [0.29, 0.717) is 16.9 Å². The topological polar surface area (TPSA) is 79.3 Å². The van der Waals surface area contributed by atoms with Gasteiger partial charge in [-0.3, -0.25) is 9.59 Å². The number of aliphatic carboxylic acids is 1. The first-order chi connectivity index (χ1) is 9.54. The summed E-state index contributed by atoms with van der Waals surface area (Å²) in [5, 5.41) is 11.4. The number of rotatable bonds is 4. The van der Waals surface area contributed by atoms with Crippen molar-refractivity contribution in [3.63, 3.8) is 0 Å². The third-order valence-electron chi connectivity index (χ3n) is 2.69. The number of nitrogens with zero attached hydrogens (tertiary/aromatic N) is 1.